The van der Waals surface area contributed by atoms with Crippen molar-refractivity contribution in [3.8, 4) is 0 Å². The third kappa shape index (κ3) is 3.29. The lowest BCUT2D eigenvalue weighted by Crippen LogP contribution is -2.55. The second kappa shape index (κ2) is 5.35. The van der Waals surface area contributed by atoms with Gasteiger partial charge in [-0.2, -0.15) is 0 Å². The van der Waals surface area contributed by atoms with Crippen molar-refractivity contribution in [3.05, 3.63) is 0 Å². The lowest BCUT2D eigenvalue weighted by Gasteiger charge is -2.33. The SMILES string of the molecule is CCCC(C)(N)C(=O)N(CC)C(C)C. The maximum absolute atomic E-state index is 12.0. The molecule has 1 unspecified atom stereocenters. The minimum Gasteiger partial charge on any atom is -0.339 e. The van der Waals surface area contributed by atoms with E-state index in [0.717, 1.165) is 19.4 Å². The molecule has 0 saturated heterocycles. The molecule has 0 aromatic carbocycles. The average molecular weight is 200 g/mol. The Labute approximate surface area is 87.6 Å². The first-order chi connectivity index (χ1) is 6.36. The van der Waals surface area contributed by atoms with Gasteiger partial charge in [0.25, 0.3) is 0 Å². The van der Waals surface area contributed by atoms with Crippen LogP contribution in [0.2, 0.25) is 0 Å². The van der Waals surface area contributed by atoms with Crippen LogP contribution in [0.4, 0.5) is 0 Å². The van der Waals surface area contributed by atoms with Gasteiger partial charge >= 0.3 is 0 Å². The van der Waals surface area contributed by atoms with E-state index in [2.05, 4.69) is 0 Å². The van der Waals surface area contributed by atoms with E-state index in [1.54, 1.807) is 0 Å². The van der Waals surface area contributed by atoms with E-state index in [-0.39, 0.29) is 11.9 Å². The average Bonchev–Trinajstić information content (AvgIpc) is 2.04. The Hall–Kier alpha value is -0.570. The molecule has 0 heterocycles. The fourth-order valence-electron chi connectivity index (χ4n) is 1.70. The van der Waals surface area contributed by atoms with Gasteiger partial charge in [-0.3, -0.25) is 4.79 Å². The molecule has 0 spiro atoms. The van der Waals surface area contributed by atoms with Crippen LogP contribution in [0.1, 0.15) is 47.5 Å². The standard InChI is InChI=1S/C11H24N2O/c1-6-8-11(5,12)10(14)13(7-2)9(3)4/h9H,6-8,12H2,1-5H3. The molecule has 0 aromatic rings. The van der Waals surface area contributed by atoms with Crippen molar-refractivity contribution >= 4 is 5.91 Å². The van der Waals surface area contributed by atoms with Gasteiger partial charge in [0.1, 0.15) is 0 Å². The van der Waals surface area contributed by atoms with Crippen LogP contribution in [0.15, 0.2) is 0 Å². The van der Waals surface area contributed by atoms with Gasteiger partial charge in [0.15, 0.2) is 0 Å². The van der Waals surface area contributed by atoms with Crippen LogP contribution < -0.4 is 5.73 Å². The lowest BCUT2D eigenvalue weighted by molar-refractivity contribution is -0.138. The molecule has 0 radical (unpaired) electrons. The Bertz CT molecular complexity index is 188. The highest BCUT2D eigenvalue weighted by molar-refractivity contribution is 5.85. The van der Waals surface area contributed by atoms with E-state index < -0.39 is 5.54 Å². The topological polar surface area (TPSA) is 46.3 Å². The molecule has 0 aliphatic heterocycles. The number of amides is 1. The molecule has 3 heteroatoms. The van der Waals surface area contributed by atoms with Crippen molar-refractivity contribution in [1.82, 2.24) is 4.90 Å². The largest absolute Gasteiger partial charge is 0.339 e. The minimum atomic E-state index is -0.699. The summed E-state index contributed by atoms with van der Waals surface area (Å²) < 4.78 is 0. The molecule has 0 bridgehead atoms. The van der Waals surface area contributed by atoms with Gasteiger partial charge in [-0.1, -0.05) is 13.3 Å². The second-order valence-electron chi connectivity index (χ2n) is 4.35. The molecule has 0 rings (SSSR count). The van der Waals surface area contributed by atoms with Gasteiger partial charge in [-0.25, -0.2) is 0 Å². The number of nitrogens with zero attached hydrogens (tertiary/aromatic N) is 1. The summed E-state index contributed by atoms with van der Waals surface area (Å²) in [6, 6.07) is 0.229. The predicted octanol–water partition coefficient (Wildman–Crippen LogP) is 1.76. The van der Waals surface area contributed by atoms with Gasteiger partial charge in [0.2, 0.25) is 5.91 Å². The first-order valence-electron chi connectivity index (χ1n) is 5.46. The number of hydrogen-bond donors (Lipinski definition) is 1. The molecule has 0 saturated carbocycles. The summed E-state index contributed by atoms with van der Waals surface area (Å²) in [5.41, 5.74) is 5.29. The fourth-order valence-corrected chi connectivity index (χ4v) is 1.70. The summed E-state index contributed by atoms with van der Waals surface area (Å²) in [5, 5.41) is 0. The number of hydrogen-bond acceptors (Lipinski definition) is 2. The van der Waals surface area contributed by atoms with Gasteiger partial charge in [0.05, 0.1) is 5.54 Å². The summed E-state index contributed by atoms with van der Waals surface area (Å²) in [7, 11) is 0. The number of carbonyl (C=O) groups is 1. The maximum atomic E-state index is 12.0. The minimum absolute atomic E-state index is 0.0665. The van der Waals surface area contributed by atoms with Crippen LogP contribution in [0.25, 0.3) is 0 Å². The lowest BCUT2D eigenvalue weighted by atomic mass is 9.95. The maximum Gasteiger partial charge on any atom is 0.242 e. The molecule has 0 fully saturated rings. The van der Waals surface area contributed by atoms with Crippen molar-refractivity contribution in [2.24, 2.45) is 5.73 Å². The van der Waals surface area contributed by atoms with E-state index >= 15 is 0 Å². The molecule has 1 amide bonds. The van der Waals surface area contributed by atoms with E-state index in [4.69, 9.17) is 5.73 Å². The highest BCUT2D eigenvalue weighted by atomic mass is 16.2. The highest BCUT2D eigenvalue weighted by Gasteiger charge is 2.31. The molecule has 84 valence electrons. The summed E-state index contributed by atoms with van der Waals surface area (Å²) in [6.07, 6.45) is 1.68. The van der Waals surface area contributed by atoms with Gasteiger partial charge in [-0.15, -0.1) is 0 Å². The van der Waals surface area contributed by atoms with Crippen LogP contribution in [0.3, 0.4) is 0 Å². The van der Waals surface area contributed by atoms with Crippen LogP contribution in [0.5, 0.6) is 0 Å². The molecule has 0 aliphatic carbocycles. The normalized spacial score (nSPS) is 15.4. The zero-order chi connectivity index (χ0) is 11.4. The highest BCUT2D eigenvalue weighted by Crippen LogP contribution is 2.14. The van der Waals surface area contributed by atoms with Crippen molar-refractivity contribution in [3.63, 3.8) is 0 Å². The van der Waals surface area contributed by atoms with E-state index in [1.165, 1.54) is 0 Å². The number of carbonyl (C=O) groups excluding carboxylic acids is 1. The molecular formula is C11H24N2O. The first-order valence-corrected chi connectivity index (χ1v) is 5.46. The van der Waals surface area contributed by atoms with Crippen LogP contribution in [-0.4, -0.2) is 28.9 Å². The first kappa shape index (κ1) is 13.4. The van der Waals surface area contributed by atoms with Gasteiger partial charge in [-0.05, 0) is 34.1 Å². The molecule has 3 nitrogen and oxygen atoms in total. The predicted molar refractivity (Wildman–Crippen MR) is 60.0 cm³/mol. The summed E-state index contributed by atoms with van der Waals surface area (Å²) >= 11 is 0. The third-order valence-electron chi connectivity index (χ3n) is 2.48. The Morgan fingerprint density at radius 1 is 1.43 bits per heavy atom. The smallest absolute Gasteiger partial charge is 0.242 e. The zero-order valence-corrected chi connectivity index (χ0v) is 10.1. The molecule has 0 aromatic heterocycles. The number of rotatable bonds is 5. The molecule has 1 atom stereocenters. The van der Waals surface area contributed by atoms with Crippen molar-refractivity contribution in [1.29, 1.82) is 0 Å². The summed E-state index contributed by atoms with van der Waals surface area (Å²) in [4.78, 5) is 13.9. The molecular weight excluding hydrogens is 176 g/mol. The Balaban J connectivity index is 4.56. The summed E-state index contributed by atoms with van der Waals surface area (Å²) in [5.74, 6) is 0.0665. The number of nitrogens with two attached hydrogens (primary N) is 1. The quantitative estimate of drug-likeness (QED) is 0.735. The van der Waals surface area contributed by atoms with Crippen molar-refractivity contribution in [2.75, 3.05) is 6.54 Å². The number of likely N-dealkylation sites (N-methyl/N-ethyl adjacent to an activating group) is 1. The molecule has 2 N–H and O–H groups in total. The van der Waals surface area contributed by atoms with Crippen LogP contribution >= 0.6 is 0 Å². The molecule has 0 aliphatic rings. The monoisotopic (exact) mass is 200 g/mol. The third-order valence-corrected chi connectivity index (χ3v) is 2.48. The Morgan fingerprint density at radius 3 is 2.21 bits per heavy atom. The Morgan fingerprint density at radius 2 is 1.93 bits per heavy atom. The molecule has 14 heavy (non-hydrogen) atoms. The zero-order valence-electron chi connectivity index (χ0n) is 10.1. The second-order valence-corrected chi connectivity index (χ2v) is 4.35. The fraction of sp³-hybridized carbons (Fsp3) is 0.909. The van der Waals surface area contributed by atoms with Gasteiger partial charge in [0, 0.05) is 12.6 Å². The van der Waals surface area contributed by atoms with E-state index in [9.17, 15) is 4.79 Å². The van der Waals surface area contributed by atoms with E-state index in [0.29, 0.717) is 0 Å². The van der Waals surface area contributed by atoms with Crippen molar-refractivity contribution < 1.29 is 4.79 Å². The van der Waals surface area contributed by atoms with Crippen molar-refractivity contribution in [2.45, 2.75) is 59.0 Å². The summed E-state index contributed by atoms with van der Waals surface area (Å²) in [6.45, 7) is 10.6. The van der Waals surface area contributed by atoms with Crippen LogP contribution in [-0.2, 0) is 4.79 Å². The van der Waals surface area contributed by atoms with Gasteiger partial charge < -0.3 is 10.6 Å². The van der Waals surface area contributed by atoms with E-state index in [1.807, 2.05) is 39.5 Å². The van der Waals surface area contributed by atoms with Crippen LogP contribution in [0, 0.1) is 0 Å². The Kier molecular flexibility index (Phi) is 5.13.